The molecule has 5 aliphatic rings. The van der Waals surface area contributed by atoms with Crippen LogP contribution in [0.3, 0.4) is 0 Å². The maximum atomic E-state index is 2.67. The van der Waals surface area contributed by atoms with Crippen LogP contribution >= 0.6 is 11.8 Å². The molecule has 0 fully saturated rings. The van der Waals surface area contributed by atoms with Crippen LogP contribution in [0.5, 0.6) is 0 Å². The van der Waals surface area contributed by atoms with Crippen molar-refractivity contribution in [3.63, 3.8) is 0 Å². The largest absolute Gasteiger partial charge is 0.311 e. The molecule has 3 nitrogen and oxygen atoms in total. The number of rotatable bonds is 2. The average Bonchev–Trinajstić information content (AvgIpc) is 3.27. The predicted octanol–water partition coefficient (Wildman–Crippen LogP) is 14.4. The highest BCUT2D eigenvalue weighted by Crippen LogP contribution is 2.54. The van der Waals surface area contributed by atoms with Crippen molar-refractivity contribution in [2.24, 2.45) is 0 Å². The van der Waals surface area contributed by atoms with E-state index in [4.69, 9.17) is 0 Å². The van der Waals surface area contributed by atoms with Gasteiger partial charge in [-0.25, -0.2) is 0 Å². The molecular formula is C58H56BN3S. The zero-order valence-electron chi connectivity index (χ0n) is 38.0. The summed E-state index contributed by atoms with van der Waals surface area (Å²) in [4.78, 5) is 10.2. The van der Waals surface area contributed by atoms with Gasteiger partial charge in [-0.2, -0.15) is 0 Å². The van der Waals surface area contributed by atoms with E-state index >= 15 is 0 Å². The zero-order chi connectivity index (χ0) is 43.2. The summed E-state index contributed by atoms with van der Waals surface area (Å²) in [7, 11) is 0. The summed E-state index contributed by atoms with van der Waals surface area (Å²) < 4.78 is 0. The van der Waals surface area contributed by atoms with Gasteiger partial charge in [0.05, 0.1) is 11.4 Å². The van der Waals surface area contributed by atoms with Crippen LogP contribution in [0, 0.1) is 0 Å². The Morgan fingerprint density at radius 2 is 0.857 bits per heavy atom. The van der Waals surface area contributed by atoms with Crippen molar-refractivity contribution in [3.05, 3.63) is 168 Å². The van der Waals surface area contributed by atoms with E-state index in [1.807, 2.05) is 11.8 Å². The summed E-state index contributed by atoms with van der Waals surface area (Å²) in [6.07, 6.45) is 4.74. The van der Waals surface area contributed by atoms with Gasteiger partial charge in [-0.15, -0.1) is 0 Å². The topological polar surface area (TPSA) is 9.72 Å². The first-order chi connectivity index (χ1) is 30.2. The Hall–Kier alpha value is -5.65. The van der Waals surface area contributed by atoms with E-state index < -0.39 is 0 Å². The molecule has 312 valence electrons. The Kier molecular flexibility index (Phi) is 8.32. The minimum atomic E-state index is 0.0436. The summed E-state index contributed by atoms with van der Waals surface area (Å²) in [6, 6.07) is 56.1. The van der Waals surface area contributed by atoms with Crippen molar-refractivity contribution in [2.75, 3.05) is 14.7 Å². The standard InChI is InChI=1S/C58H56BN3S/c1-55(2)29-30-56(3,4)41-33-38(25-27-40(41)55)61-48-21-16-22-49-54(48)59(45-35-42-43(36-51(45)61)58(7,8)32-31-57(42,5)6)44-28-26-39-34-50(44)62(49)47-20-13-15-24-53(47)63-52-23-14-12-19-46(52)60(39)37-17-10-9-11-18-37/h9-28,33-36H,29-32H2,1-8H3. The van der Waals surface area contributed by atoms with E-state index in [9.17, 15) is 0 Å². The molecule has 0 radical (unpaired) electrons. The lowest BCUT2D eigenvalue weighted by atomic mass is 9.33. The second-order valence-electron chi connectivity index (χ2n) is 21.5. The molecule has 0 atom stereocenters. The van der Waals surface area contributed by atoms with E-state index in [2.05, 4.69) is 216 Å². The Balaban J connectivity index is 1.18. The van der Waals surface area contributed by atoms with Crippen molar-refractivity contribution in [3.8, 4) is 0 Å². The minimum Gasteiger partial charge on any atom is -0.311 e. The van der Waals surface area contributed by atoms with Crippen LogP contribution < -0.4 is 31.1 Å². The van der Waals surface area contributed by atoms with Crippen LogP contribution in [0.15, 0.2) is 155 Å². The fourth-order valence-corrected chi connectivity index (χ4v) is 13.0. The van der Waals surface area contributed by atoms with Gasteiger partial charge >= 0.3 is 0 Å². The van der Waals surface area contributed by atoms with Gasteiger partial charge < -0.3 is 14.7 Å². The molecule has 0 aromatic heterocycles. The molecule has 7 aromatic rings. The molecule has 0 saturated carbocycles. The molecule has 3 aliphatic heterocycles. The molecule has 0 spiro atoms. The lowest BCUT2D eigenvalue weighted by Crippen LogP contribution is -2.61. The summed E-state index contributed by atoms with van der Waals surface area (Å²) in [5.74, 6) is 0. The molecule has 0 N–H and O–H groups in total. The van der Waals surface area contributed by atoms with E-state index in [0.717, 1.165) is 11.4 Å². The summed E-state index contributed by atoms with van der Waals surface area (Å²) in [5, 5.41) is 0. The predicted molar refractivity (Wildman–Crippen MR) is 270 cm³/mol. The Labute approximate surface area is 379 Å². The fourth-order valence-electron chi connectivity index (χ4n) is 12.0. The van der Waals surface area contributed by atoms with Crippen molar-refractivity contribution < 1.29 is 0 Å². The van der Waals surface area contributed by atoms with E-state index in [0.29, 0.717) is 0 Å². The normalized spacial score (nSPS) is 18.9. The van der Waals surface area contributed by atoms with Gasteiger partial charge in [0.2, 0.25) is 0 Å². The molecular weight excluding hydrogens is 782 g/mol. The van der Waals surface area contributed by atoms with Crippen LogP contribution in [-0.4, -0.2) is 6.71 Å². The van der Waals surface area contributed by atoms with Crippen LogP contribution in [-0.2, 0) is 21.7 Å². The van der Waals surface area contributed by atoms with Crippen LogP contribution in [0.4, 0.5) is 51.2 Å². The Morgan fingerprint density at radius 3 is 1.52 bits per heavy atom. The second-order valence-corrected chi connectivity index (χ2v) is 22.6. The molecule has 5 heteroatoms. The molecule has 2 aliphatic carbocycles. The Morgan fingerprint density at radius 1 is 0.365 bits per heavy atom. The van der Waals surface area contributed by atoms with Gasteiger partial charge in [-0.1, -0.05) is 134 Å². The highest BCUT2D eigenvalue weighted by molar-refractivity contribution is 7.99. The lowest BCUT2D eigenvalue weighted by molar-refractivity contribution is 0.332. The molecule has 0 amide bonds. The quantitative estimate of drug-likeness (QED) is 0.160. The van der Waals surface area contributed by atoms with Gasteiger partial charge in [0.15, 0.2) is 0 Å². The number of nitrogens with zero attached hydrogens (tertiary/aromatic N) is 3. The first-order valence-electron chi connectivity index (χ1n) is 23.1. The third kappa shape index (κ3) is 5.74. The molecule has 0 unspecified atom stereocenters. The molecule has 2 bridgehead atoms. The highest BCUT2D eigenvalue weighted by Gasteiger charge is 2.47. The SMILES string of the molecule is CC1(C)CCC(C)(C)c2cc(N3c4cc5c(cc4B4c6ccc7cc6N(c6ccccc6Sc6ccccc6N7c6ccccc6)c6cccc3c64)C(C)(C)CCC5(C)C)ccc21. The number of benzene rings is 7. The maximum Gasteiger partial charge on any atom is 0.252 e. The van der Waals surface area contributed by atoms with Crippen LogP contribution in [0.25, 0.3) is 0 Å². The smallest absolute Gasteiger partial charge is 0.252 e. The first-order valence-corrected chi connectivity index (χ1v) is 24.0. The third-order valence-electron chi connectivity index (χ3n) is 15.7. The van der Waals surface area contributed by atoms with Crippen molar-refractivity contribution >= 4 is 86.0 Å². The summed E-state index contributed by atoms with van der Waals surface area (Å²) in [6.45, 7) is 19.7. The monoisotopic (exact) mass is 837 g/mol. The lowest BCUT2D eigenvalue weighted by Gasteiger charge is -2.48. The van der Waals surface area contributed by atoms with E-state index in [-0.39, 0.29) is 28.4 Å². The van der Waals surface area contributed by atoms with Gasteiger partial charge in [0.25, 0.3) is 6.71 Å². The number of anilines is 9. The van der Waals surface area contributed by atoms with Crippen LogP contribution in [0.2, 0.25) is 0 Å². The fraction of sp³-hybridized carbons (Fsp3) is 0.276. The van der Waals surface area contributed by atoms with E-state index in [1.54, 1.807) is 0 Å². The van der Waals surface area contributed by atoms with Crippen LogP contribution in [0.1, 0.15) is 103 Å². The molecule has 63 heavy (non-hydrogen) atoms. The first kappa shape index (κ1) is 39.0. The zero-order valence-corrected chi connectivity index (χ0v) is 38.8. The van der Waals surface area contributed by atoms with Gasteiger partial charge in [-0.3, -0.25) is 0 Å². The molecule has 0 saturated heterocycles. The summed E-state index contributed by atoms with van der Waals surface area (Å²) >= 11 is 1.87. The number of hydrogen-bond acceptors (Lipinski definition) is 4. The van der Waals surface area contributed by atoms with Crippen molar-refractivity contribution in [1.82, 2.24) is 0 Å². The third-order valence-corrected chi connectivity index (χ3v) is 16.9. The van der Waals surface area contributed by atoms with Crippen molar-refractivity contribution in [1.29, 1.82) is 0 Å². The minimum absolute atomic E-state index is 0.0436. The van der Waals surface area contributed by atoms with Crippen molar-refractivity contribution in [2.45, 2.75) is 113 Å². The molecule has 12 rings (SSSR count). The second kappa shape index (κ2) is 13.4. The maximum absolute atomic E-state index is 2.67. The van der Waals surface area contributed by atoms with Gasteiger partial charge in [0.1, 0.15) is 0 Å². The summed E-state index contributed by atoms with van der Waals surface area (Å²) in [5.41, 5.74) is 21.5. The van der Waals surface area contributed by atoms with Gasteiger partial charge in [-0.05, 0) is 165 Å². The van der Waals surface area contributed by atoms with E-state index in [1.165, 1.54) is 114 Å². The number of fused-ring (bicyclic) bond motifs is 10. The molecule has 7 aromatic carbocycles. The Bertz CT molecular complexity index is 3040. The highest BCUT2D eigenvalue weighted by atomic mass is 32.2. The average molecular weight is 838 g/mol. The number of para-hydroxylation sites is 3. The number of hydrogen-bond donors (Lipinski definition) is 0. The molecule has 3 heterocycles. The van der Waals surface area contributed by atoms with Gasteiger partial charge in [0, 0.05) is 49.6 Å².